The van der Waals surface area contributed by atoms with Gasteiger partial charge in [0.15, 0.2) is 0 Å². The van der Waals surface area contributed by atoms with Gasteiger partial charge in [-0.15, -0.1) is 0 Å². The minimum atomic E-state index is -0.235. The van der Waals surface area contributed by atoms with Crippen LogP contribution in [0.3, 0.4) is 0 Å². The summed E-state index contributed by atoms with van der Waals surface area (Å²) in [5, 5.41) is 2.88. The van der Waals surface area contributed by atoms with Gasteiger partial charge in [-0.3, -0.25) is 9.59 Å². The number of nitrogens with one attached hydrogen (secondary N) is 1. The summed E-state index contributed by atoms with van der Waals surface area (Å²) in [7, 11) is 1.71. The van der Waals surface area contributed by atoms with Gasteiger partial charge >= 0.3 is 5.97 Å². The number of hydrogen-bond acceptors (Lipinski definition) is 4. The highest BCUT2D eigenvalue weighted by atomic mass is 16.5. The highest BCUT2D eigenvalue weighted by Crippen LogP contribution is 2.41. The molecule has 0 aromatic carbocycles. The molecule has 0 saturated heterocycles. The molecule has 20 heavy (non-hydrogen) atoms. The molecule has 1 saturated carbocycles. The van der Waals surface area contributed by atoms with E-state index in [1.807, 2.05) is 0 Å². The van der Waals surface area contributed by atoms with Gasteiger partial charge in [0, 0.05) is 40.0 Å². The first kappa shape index (κ1) is 17.0. The van der Waals surface area contributed by atoms with Crippen LogP contribution in [0.15, 0.2) is 0 Å². The van der Waals surface area contributed by atoms with Gasteiger partial charge in [0.1, 0.15) is 0 Å². The summed E-state index contributed by atoms with van der Waals surface area (Å²) in [6.45, 7) is 6.96. The van der Waals surface area contributed by atoms with Crippen molar-refractivity contribution in [3.05, 3.63) is 0 Å². The van der Waals surface area contributed by atoms with Crippen molar-refractivity contribution in [2.75, 3.05) is 26.9 Å². The van der Waals surface area contributed by atoms with Gasteiger partial charge in [-0.1, -0.05) is 6.92 Å². The molecule has 0 radical (unpaired) electrons. The van der Waals surface area contributed by atoms with Crippen LogP contribution >= 0.6 is 0 Å². The number of carbonyl (C=O) groups is 2. The summed E-state index contributed by atoms with van der Waals surface area (Å²) in [6, 6.07) is 0. The van der Waals surface area contributed by atoms with Gasteiger partial charge in [0.2, 0.25) is 5.91 Å². The molecule has 1 N–H and O–H groups in total. The summed E-state index contributed by atoms with van der Waals surface area (Å²) in [5.74, 6) is 1.36. The normalized spacial score (nSPS) is 27.1. The van der Waals surface area contributed by atoms with Crippen LogP contribution in [0.1, 0.15) is 33.6 Å². The van der Waals surface area contributed by atoms with Gasteiger partial charge < -0.3 is 14.8 Å². The fraction of sp³-hybridized carbons (Fsp3) is 0.867. The Hall–Kier alpha value is -1.10. The fourth-order valence-electron chi connectivity index (χ4n) is 3.24. The van der Waals surface area contributed by atoms with E-state index < -0.39 is 0 Å². The zero-order chi connectivity index (χ0) is 15.1. The fourth-order valence-corrected chi connectivity index (χ4v) is 3.24. The Morgan fingerprint density at radius 1 is 1.25 bits per heavy atom. The van der Waals surface area contributed by atoms with Crippen LogP contribution in [-0.4, -0.2) is 38.7 Å². The molecule has 1 aliphatic rings. The molecule has 0 spiro atoms. The highest BCUT2D eigenvalue weighted by molar-refractivity contribution is 5.72. The first-order valence-electron chi connectivity index (χ1n) is 7.32. The zero-order valence-corrected chi connectivity index (χ0v) is 13.0. The summed E-state index contributed by atoms with van der Waals surface area (Å²) >= 11 is 0. The largest absolute Gasteiger partial charge is 0.466 e. The molecule has 1 amide bonds. The second-order valence-corrected chi connectivity index (χ2v) is 5.84. The predicted molar refractivity (Wildman–Crippen MR) is 76.1 cm³/mol. The van der Waals surface area contributed by atoms with Gasteiger partial charge in [-0.05, 0) is 30.6 Å². The number of carbonyl (C=O) groups excluding carboxylic acids is 2. The third-order valence-corrected chi connectivity index (χ3v) is 4.29. The van der Waals surface area contributed by atoms with Crippen molar-refractivity contribution < 1.29 is 19.1 Å². The van der Waals surface area contributed by atoms with Crippen LogP contribution in [0.4, 0.5) is 0 Å². The first-order chi connectivity index (χ1) is 9.45. The SMILES string of the molecule is COC[C@H]1CC[C@@H]([C@@H](C)CNC(C)=O)[C@@H]1COC(C)=O. The minimum Gasteiger partial charge on any atom is -0.466 e. The molecule has 1 fully saturated rings. The summed E-state index contributed by atoms with van der Waals surface area (Å²) in [6.07, 6.45) is 2.19. The molecule has 0 unspecified atom stereocenters. The number of rotatable bonds is 7. The number of hydrogen-bond donors (Lipinski definition) is 1. The Morgan fingerprint density at radius 2 is 1.95 bits per heavy atom. The maximum atomic E-state index is 11.0. The lowest BCUT2D eigenvalue weighted by molar-refractivity contribution is -0.143. The quantitative estimate of drug-likeness (QED) is 0.722. The molecule has 5 nitrogen and oxygen atoms in total. The molecule has 4 atom stereocenters. The van der Waals surface area contributed by atoms with Crippen molar-refractivity contribution in [1.82, 2.24) is 5.32 Å². The molecule has 5 heteroatoms. The Bertz CT molecular complexity index is 332. The molecule has 1 aliphatic carbocycles. The van der Waals surface area contributed by atoms with Crippen molar-refractivity contribution in [3.8, 4) is 0 Å². The van der Waals surface area contributed by atoms with E-state index in [2.05, 4.69) is 12.2 Å². The standard InChI is InChI=1S/C15H27NO4/c1-10(7-16-11(2)17)14-6-5-13(8-19-4)15(14)9-20-12(3)18/h10,13-15H,5-9H2,1-4H3,(H,16,17)/t10-,13+,14-,15+/m0/s1. The molecular formula is C15H27NO4. The number of ether oxygens (including phenoxy) is 2. The summed E-state index contributed by atoms with van der Waals surface area (Å²) in [4.78, 5) is 22.1. The average molecular weight is 285 g/mol. The number of amides is 1. The van der Waals surface area contributed by atoms with E-state index in [0.29, 0.717) is 43.4 Å². The third-order valence-electron chi connectivity index (χ3n) is 4.29. The van der Waals surface area contributed by atoms with E-state index in [4.69, 9.17) is 9.47 Å². The zero-order valence-electron chi connectivity index (χ0n) is 13.0. The average Bonchev–Trinajstić information content (AvgIpc) is 2.77. The molecular weight excluding hydrogens is 258 g/mol. The maximum Gasteiger partial charge on any atom is 0.302 e. The second kappa shape index (κ2) is 8.25. The minimum absolute atomic E-state index is 0.000163. The number of esters is 1. The van der Waals surface area contributed by atoms with E-state index in [-0.39, 0.29) is 11.9 Å². The predicted octanol–water partition coefficient (Wildman–Crippen LogP) is 1.61. The molecule has 0 aromatic heterocycles. The van der Waals surface area contributed by atoms with Crippen LogP contribution in [-0.2, 0) is 19.1 Å². The monoisotopic (exact) mass is 285 g/mol. The van der Waals surface area contributed by atoms with E-state index >= 15 is 0 Å². The third kappa shape index (κ3) is 5.12. The van der Waals surface area contributed by atoms with Gasteiger partial charge in [-0.2, -0.15) is 0 Å². The second-order valence-electron chi connectivity index (χ2n) is 5.84. The van der Waals surface area contributed by atoms with E-state index in [1.54, 1.807) is 7.11 Å². The summed E-state index contributed by atoms with van der Waals surface area (Å²) < 4.78 is 10.5. The first-order valence-corrected chi connectivity index (χ1v) is 7.32. The van der Waals surface area contributed by atoms with E-state index in [9.17, 15) is 9.59 Å². The van der Waals surface area contributed by atoms with Crippen molar-refractivity contribution in [2.24, 2.45) is 23.7 Å². The molecule has 116 valence electrons. The summed E-state index contributed by atoms with van der Waals surface area (Å²) in [5.41, 5.74) is 0. The van der Waals surface area contributed by atoms with Crippen LogP contribution < -0.4 is 5.32 Å². The van der Waals surface area contributed by atoms with Gasteiger partial charge in [0.25, 0.3) is 0 Å². The number of methoxy groups -OCH3 is 1. The maximum absolute atomic E-state index is 11.0. The molecule has 0 heterocycles. The molecule has 0 aromatic rings. The highest BCUT2D eigenvalue weighted by Gasteiger charge is 2.39. The Morgan fingerprint density at radius 3 is 2.50 bits per heavy atom. The Balaban J connectivity index is 2.61. The van der Waals surface area contributed by atoms with Crippen molar-refractivity contribution in [1.29, 1.82) is 0 Å². The molecule has 1 rings (SSSR count). The van der Waals surface area contributed by atoms with Crippen molar-refractivity contribution in [3.63, 3.8) is 0 Å². The van der Waals surface area contributed by atoms with Crippen LogP contribution in [0.2, 0.25) is 0 Å². The van der Waals surface area contributed by atoms with E-state index in [1.165, 1.54) is 13.8 Å². The molecule has 0 aliphatic heterocycles. The van der Waals surface area contributed by atoms with Crippen LogP contribution in [0.5, 0.6) is 0 Å². The van der Waals surface area contributed by atoms with Crippen LogP contribution in [0.25, 0.3) is 0 Å². The van der Waals surface area contributed by atoms with Crippen LogP contribution in [0, 0.1) is 23.7 Å². The Labute approximate surface area is 121 Å². The van der Waals surface area contributed by atoms with Gasteiger partial charge in [-0.25, -0.2) is 0 Å². The topological polar surface area (TPSA) is 64.6 Å². The molecule has 0 bridgehead atoms. The van der Waals surface area contributed by atoms with Gasteiger partial charge in [0.05, 0.1) is 6.61 Å². The van der Waals surface area contributed by atoms with Crippen molar-refractivity contribution in [2.45, 2.75) is 33.6 Å². The lowest BCUT2D eigenvalue weighted by Crippen LogP contribution is -2.34. The Kier molecular flexibility index (Phi) is 6.99. The smallest absolute Gasteiger partial charge is 0.302 e. The van der Waals surface area contributed by atoms with E-state index in [0.717, 1.165) is 12.8 Å². The lowest BCUT2D eigenvalue weighted by atomic mass is 9.82. The van der Waals surface area contributed by atoms with Crippen molar-refractivity contribution >= 4 is 11.9 Å². The lowest BCUT2D eigenvalue weighted by Gasteiger charge is -2.28.